The van der Waals surface area contributed by atoms with Crippen molar-refractivity contribution in [1.82, 2.24) is 4.90 Å². The zero-order chi connectivity index (χ0) is 14.3. The molecule has 0 aliphatic rings. The van der Waals surface area contributed by atoms with E-state index in [1.807, 2.05) is 36.1 Å². The smallest absolute Gasteiger partial charge is 0.266 e. The summed E-state index contributed by atoms with van der Waals surface area (Å²) in [7, 11) is -3.91. The fourth-order valence-corrected chi connectivity index (χ4v) is 2.44. The van der Waals surface area contributed by atoms with Crippen molar-refractivity contribution in [3.8, 4) is 0 Å². The highest BCUT2D eigenvalue weighted by Crippen LogP contribution is 2.13. The second-order valence-corrected chi connectivity index (χ2v) is 6.04. The Morgan fingerprint density at radius 2 is 2.00 bits per heavy atom. The third-order valence-corrected chi connectivity index (χ3v) is 3.57. The lowest BCUT2D eigenvalue weighted by Crippen LogP contribution is -2.30. The summed E-state index contributed by atoms with van der Waals surface area (Å²) in [5.41, 5.74) is 2.16. The van der Waals surface area contributed by atoms with Crippen molar-refractivity contribution in [2.75, 3.05) is 18.8 Å². The van der Waals surface area contributed by atoms with Crippen molar-refractivity contribution in [1.29, 1.82) is 0 Å². The van der Waals surface area contributed by atoms with Crippen LogP contribution in [0.4, 0.5) is 0 Å². The van der Waals surface area contributed by atoms with Crippen LogP contribution in [0.1, 0.15) is 24.5 Å². The normalized spacial score (nSPS) is 11.7. The van der Waals surface area contributed by atoms with Gasteiger partial charge >= 0.3 is 0 Å². The molecule has 0 amide bonds. The van der Waals surface area contributed by atoms with E-state index in [1.54, 1.807) is 6.08 Å². The Balaban J connectivity index is 2.74. The van der Waals surface area contributed by atoms with Crippen molar-refractivity contribution in [3.63, 3.8) is 0 Å². The van der Waals surface area contributed by atoms with E-state index in [4.69, 9.17) is 4.55 Å². The third-order valence-electron chi connectivity index (χ3n) is 2.87. The second kappa shape index (κ2) is 7.43. The topological polar surface area (TPSA) is 57.6 Å². The molecule has 4 nitrogen and oxygen atoms in total. The molecule has 0 saturated heterocycles. The summed E-state index contributed by atoms with van der Waals surface area (Å²) in [4.78, 5) is 2.02. The Morgan fingerprint density at radius 3 is 2.58 bits per heavy atom. The predicted molar refractivity (Wildman–Crippen MR) is 78.5 cm³/mol. The number of hydrogen-bond acceptors (Lipinski definition) is 3. The average Bonchev–Trinajstić information content (AvgIpc) is 2.36. The lowest BCUT2D eigenvalue weighted by molar-refractivity contribution is 0.279. The zero-order valence-electron chi connectivity index (χ0n) is 11.2. The van der Waals surface area contributed by atoms with E-state index in [0.717, 1.165) is 24.1 Å². The molecule has 0 saturated carbocycles. The Labute approximate surface area is 115 Å². The molecule has 0 atom stereocenters. The van der Waals surface area contributed by atoms with Gasteiger partial charge in [-0.1, -0.05) is 43.8 Å². The molecule has 5 heteroatoms. The largest absolute Gasteiger partial charge is 0.298 e. The fourth-order valence-electron chi connectivity index (χ4n) is 1.95. The van der Waals surface area contributed by atoms with Gasteiger partial charge in [-0.3, -0.25) is 9.45 Å². The van der Waals surface area contributed by atoms with E-state index in [0.29, 0.717) is 13.1 Å². The molecule has 0 bridgehead atoms. The predicted octanol–water partition coefficient (Wildman–Crippen LogP) is 2.43. The molecular formula is C14H21NO3S. The Hall–Kier alpha value is -1.17. The molecule has 1 N–H and O–H groups in total. The molecular weight excluding hydrogens is 262 g/mol. The van der Waals surface area contributed by atoms with E-state index in [1.165, 1.54) is 0 Å². The van der Waals surface area contributed by atoms with Crippen molar-refractivity contribution >= 4 is 16.2 Å². The molecule has 0 heterocycles. The minimum absolute atomic E-state index is 0.233. The molecule has 0 aromatic heterocycles. The molecule has 0 unspecified atom stereocenters. The Bertz CT molecular complexity index is 511. The van der Waals surface area contributed by atoms with Crippen LogP contribution in [-0.2, 0) is 16.7 Å². The van der Waals surface area contributed by atoms with E-state index >= 15 is 0 Å². The van der Waals surface area contributed by atoms with Gasteiger partial charge in [-0.15, -0.1) is 0 Å². The maximum atomic E-state index is 10.8. The minimum Gasteiger partial charge on any atom is -0.298 e. The van der Waals surface area contributed by atoms with Crippen molar-refractivity contribution < 1.29 is 13.0 Å². The molecule has 0 fully saturated rings. The number of hydrogen-bond donors (Lipinski definition) is 1. The van der Waals surface area contributed by atoms with Crippen molar-refractivity contribution in [2.24, 2.45) is 0 Å². The summed E-state index contributed by atoms with van der Waals surface area (Å²) in [6.07, 6.45) is 2.73. The molecule has 106 valence electrons. The van der Waals surface area contributed by atoms with Crippen LogP contribution < -0.4 is 0 Å². The third kappa shape index (κ3) is 6.00. The van der Waals surface area contributed by atoms with Gasteiger partial charge in [0.25, 0.3) is 10.1 Å². The highest BCUT2D eigenvalue weighted by molar-refractivity contribution is 7.85. The summed E-state index contributed by atoms with van der Waals surface area (Å²) in [6.45, 7) is 7.60. The van der Waals surface area contributed by atoms with Crippen LogP contribution in [0.2, 0.25) is 0 Å². The average molecular weight is 283 g/mol. The number of nitrogens with zero attached hydrogens (tertiary/aromatic N) is 1. The van der Waals surface area contributed by atoms with E-state index in [9.17, 15) is 8.42 Å². The van der Waals surface area contributed by atoms with Gasteiger partial charge in [0.1, 0.15) is 0 Å². The maximum absolute atomic E-state index is 10.8. The first-order valence-corrected chi connectivity index (χ1v) is 7.95. The van der Waals surface area contributed by atoms with Crippen molar-refractivity contribution in [2.45, 2.75) is 19.9 Å². The molecule has 1 aromatic carbocycles. The first-order valence-electron chi connectivity index (χ1n) is 6.34. The van der Waals surface area contributed by atoms with Crippen LogP contribution in [0, 0.1) is 0 Å². The van der Waals surface area contributed by atoms with Gasteiger partial charge in [-0.25, -0.2) is 0 Å². The first kappa shape index (κ1) is 15.9. The van der Waals surface area contributed by atoms with Crippen LogP contribution >= 0.6 is 0 Å². The Kier molecular flexibility index (Phi) is 6.21. The van der Waals surface area contributed by atoms with Gasteiger partial charge in [-0.05, 0) is 24.1 Å². The van der Waals surface area contributed by atoms with E-state index < -0.39 is 10.1 Å². The van der Waals surface area contributed by atoms with Gasteiger partial charge in [0.05, 0.1) is 5.75 Å². The summed E-state index contributed by atoms with van der Waals surface area (Å²) >= 11 is 0. The van der Waals surface area contributed by atoms with Gasteiger partial charge in [0.2, 0.25) is 0 Å². The highest BCUT2D eigenvalue weighted by Gasteiger charge is 2.11. The molecule has 0 spiro atoms. The Morgan fingerprint density at radius 1 is 1.32 bits per heavy atom. The summed E-state index contributed by atoms with van der Waals surface area (Å²) in [6, 6.07) is 7.89. The second-order valence-electron chi connectivity index (χ2n) is 4.47. The molecule has 19 heavy (non-hydrogen) atoms. The molecule has 1 rings (SSSR count). The van der Waals surface area contributed by atoms with E-state index in [-0.39, 0.29) is 5.75 Å². The molecule has 0 aliphatic carbocycles. The highest BCUT2D eigenvalue weighted by atomic mass is 32.2. The molecule has 0 radical (unpaired) electrons. The maximum Gasteiger partial charge on any atom is 0.266 e. The standard InChI is InChI=1S/C14H21NO3S/c1-3-9-15(10-11-19(16,17)18)12-14-8-6-5-7-13(14)4-2/h4-8H,2-3,9-12H2,1H3,(H,16,17,18). The zero-order valence-corrected chi connectivity index (χ0v) is 12.1. The fraction of sp³-hybridized carbons (Fsp3) is 0.429. The van der Waals surface area contributed by atoms with Gasteiger partial charge < -0.3 is 0 Å². The summed E-state index contributed by atoms with van der Waals surface area (Å²) < 4.78 is 30.5. The van der Waals surface area contributed by atoms with Crippen LogP contribution in [-0.4, -0.2) is 36.7 Å². The van der Waals surface area contributed by atoms with Crippen molar-refractivity contribution in [3.05, 3.63) is 42.0 Å². The van der Waals surface area contributed by atoms with Crippen LogP contribution in [0.3, 0.4) is 0 Å². The quantitative estimate of drug-likeness (QED) is 0.744. The summed E-state index contributed by atoms with van der Waals surface area (Å²) in [5, 5.41) is 0. The molecule has 1 aromatic rings. The van der Waals surface area contributed by atoms with Crippen LogP contribution in [0.15, 0.2) is 30.8 Å². The lowest BCUT2D eigenvalue weighted by Gasteiger charge is -2.22. The number of rotatable bonds is 8. The van der Waals surface area contributed by atoms with E-state index in [2.05, 4.69) is 6.58 Å². The molecule has 0 aliphatic heterocycles. The minimum atomic E-state index is -3.91. The van der Waals surface area contributed by atoms with Crippen LogP contribution in [0.5, 0.6) is 0 Å². The first-order chi connectivity index (χ1) is 8.96. The SMILES string of the molecule is C=Cc1ccccc1CN(CCC)CCS(=O)(=O)O. The van der Waals surface area contributed by atoms with Gasteiger partial charge in [-0.2, -0.15) is 8.42 Å². The van der Waals surface area contributed by atoms with Gasteiger partial charge in [0, 0.05) is 13.1 Å². The lowest BCUT2D eigenvalue weighted by atomic mass is 10.1. The number of benzene rings is 1. The van der Waals surface area contributed by atoms with Gasteiger partial charge in [0.15, 0.2) is 0 Å². The monoisotopic (exact) mass is 283 g/mol. The summed E-state index contributed by atoms with van der Waals surface area (Å²) in [5.74, 6) is -0.233. The van der Waals surface area contributed by atoms with Crippen LogP contribution in [0.25, 0.3) is 6.08 Å².